The highest BCUT2D eigenvalue weighted by molar-refractivity contribution is 7.80. The van der Waals surface area contributed by atoms with Crippen LogP contribution in [0.1, 0.15) is 12.8 Å². The Bertz CT molecular complexity index is 376. The molecule has 0 amide bonds. The molecule has 0 radical (unpaired) electrons. The maximum Gasteiger partial charge on any atom is 0.181 e. The Kier molecular flexibility index (Phi) is 3.71. The standard InChI is InChI=1S/C12H17NO2S/c14-11-1-5-13(6-2-11)9-12(10-16)3-7-15-8-4-12/h1-2,5-6,16H,3-4,7-10H2. The number of pyridine rings is 1. The lowest BCUT2D eigenvalue weighted by Crippen LogP contribution is -2.35. The number of hydrogen-bond donors (Lipinski definition) is 1. The topological polar surface area (TPSA) is 31.2 Å². The van der Waals surface area contributed by atoms with Crippen LogP contribution in [0.15, 0.2) is 29.3 Å². The zero-order valence-corrected chi connectivity index (χ0v) is 10.2. The van der Waals surface area contributed by atoms with Gasteiger partial charge in [-0.1, -0.05) is 0 Å². The molecule has 0 unspecified atom stereocenters. The van der Waals surface area contributed by atoms with Crippen LogP contribution in [0.3, 0.4) is 0 Å². The van der Waals surface area contributed by atoms with Crippen LogP contribution in [-0.4, -0.2) is 23.5 Å². The molecule has 0 spiro atoms. The van der Waals surface area contributed by atoms with Crippen LogP contribution in [0.5, 0.6) is 0 Å². The van der Waals surface area contributed by atoms with E-state index < -0.39 is 0 Å². The number of rotatable bonds is 3. The smallest absolute Gasteiger partial charge is 0.181 e. The summed E-state index contributed by atoms with van der Waals surface area (Å²) in [6, 6.07) is 3.21. The van der Waals surface area contributed by atoms with Gasteiger partial charge in [0.2, 0.25) is 0 Å². The minimum atomic E-state index is 0.0585. The highest BCUT2D eigenvalue weighted by atomic mass is 32.1. The van der Waals surface area contributed by atoms with Gasteiger partial charge in [-0.3, -0.25) is 4.79 Å². The summed E-state index contributed by atoms with van der Waals surface area (Å²) >= 11 is 4.47. The van der Waals surface area contributed by atoms with E-state index in [0.717, 1.165) is 38.4 Å². The van der Waals surface area contributed by atoms with Crippen molar-refractivity contribution in [1.29, 1.82) is 0 Å². The van der Waals surface area contributed by atoms with E-state index in [4.69, 9.17) is 4.74 Å². The van der Waals surface area contributed by atoms with Crippen molar-refractivity contribution in [2.75, 3.05) is 19.0 Å². The van der Waals surface area contributed by atoms with E-state index in [1.807, 2.05) is 12.4 Å². The fourth-order valence-corrected chi connectivity index (χ4v) is 2.52. The van der Waals surface area contributed by atoms with Crippen LogP contribution in [0.25, 0.3) is 0 Å². The van der Waals surface area contributed by atoms with E-state index in [0.29, 0.717) is 0 Å². The van der Waals surface area contributed by atoms with E-state index in [1.54, 1.807) is 12.1 Å². The average molecular weight is 239 g/mol. The molecule has 16 heavy (non-hydrogen) atoms. The minimum absolute atomic E-state index is 0.0585. The maximum atomic E-state index is 11.0. The summed E-state index contributed by atoms with van der Waals surface area (Å²) in [5, 5.41) is 0. The van der Waals surface area contributed by atoms with Gasteiger partial charge in [-0.2, -0.15) is 12.6 Å². The van der Waals surface area contributed by atoms with Gasteiger partial charge in [0.15, 0.2) is 5.43 Å². The Morgan fingerprint density at radius 2 is 1.94 bits per heavy atom. The van der Waals surface area contributed by atoms with Gasteiger partial charge in [0.25, 0.3) is 0 Å². The fourth-order valence-electron chi connectivity index (χ4n) is 2.11. The first-order valence-corrected chi connectivity index (χ1v) is 6.22. The second kappa shape index (κ2) is 5.06. The highest BCUT2D eigenvalue weighted by Crippen LogP contribution is 2.33. The highest BCUT2D eigenvalue weighted by Gasteiger charge is 2.31. The molecule has 88 valence electrons. The van der Waals surface area contributed by atoms with Crippen LogP contribution in [0.2, 0.25) is 0 Å². The quantitative estimate of drug-likeness (QED) is 0.812. The zero-order valence-electron chi connectivity index (χ0n) is 9.26. The molecule has 1 saturated heterocycles. The van der Waals surface area contributed by atoms with Crippen molar-refractivity contribution in [2.24, 2.45) is 5.41 Å². The molecule has 0 bridgehead atoms. The Labute approximate surface area is 101 Å². The molecular weight excluding hydrogens is 222 g/mol. The number of aromatic nitrogens is 1. The molecule has 0 aliphatic carbocycles. The normalized spacial score (nSPS) is 19.6. The van der Waals surface area contributed by atoms with Crippen molar-refractivity contribution in [2.45, 2.75) is 19.4 Å². The first-order valence-electron chi connectivity index (χ1n) is 5.59. The Hall–Kier alpha value is -0.740. The van der Waals surface area contributed by atoms with Crippen LogP contribution in [0.4, 0.5) is 0 Å². The number of thiol groups is 1. The molecule has 2 rings (SSSR count). The summed E-state index contributed by atoms with van der Waals surface area (Å²) in [4.78, 5) is 11.0. The summed E-state index contributed by atoms with van der Waals surface area (Å²) in [6.07, 6.45) is 5.79. The van der Waals surface area contributed by atoms with Crippen molar-refractivity contribution >= 4 is 12.6 Å². The summed E-state index contributed by atoms with van der Waals surface area (Å²) in [7, 11) is 0. The van der Waals surface area contributed by atoms with Crippen molar-refractivity contribution in [1.82, 2.24) is 4.57 Å². The van der Waals surface area contributed by atoms with Gasteiger partial charge in [0.1, 0.15) is 0 Å². The van der Waals surface area contributed by atoms with E-state index in [2.05, 4.69) is 17.2 Å². The fraction of sp³-hybridized carbons (Fsp3) is 0.583. The molecule has 1 aliphatic rings. The maximum absolute atomic E-state index is 11.0. The number of nitrogens with zero attached hydrogens (tertiary/aromatic N) is 1. The third-order valence-electron chi connectivity index (χ3n) is 3.27. The largest absolute Gasteiger partial charge is 0.381 e. The predicted octanol–water partition coefficient (Wildman–Crippen LogP) is 1.57. The van der Waals surface area contributed by atoms with E-state index in [-0.39, 0.29) is 10.8 Å². The van der Waals surface area contributed by atoms with E-state index >= 15 is 0 Å². The molecule has 0 atom stereocenters. The lowest BCUT2D eigenvalue weighted by molar-refractivity contribution is 0.0181. The molecule has 1 fully saturated rings. The lowest BCUT2D eigenvalue weighted by Gasteiger charge is -2.36. The van der Waals surface area contributed by atoms with Crippen LogP contribution < -0.4 is 5.43 Å². The van der Waals surface area contributed by atoms with Crippen LogP contribution in [0, 0.1) is 5.41 Å². The molecule has 0 aromatic carbocycles. The van der Waals surface area contributed by atoms with Crippen LogP contribution in [-0.2, 0) is 11.3 Å². The second-order valence-electron chi connectivity index (χ2n) is 4.48. The molecule has 2 heterocycles. The van der Waals surface area contributed by atoms with Gasteiger partial charge < -0.3 is 9.30 Å². The Morgan fingerprint density at radius 3 is 2.50 bits per heavy atom. The molecule has 1 aromatic rings. The third-order valence-corrected chi connectivity index (χ3v) is 3.94. The summed E-state index contributed by atoms with van der Waals surface area (Å²) < 4.78 is 7.46. The zero-order chi connectivity index (χ0) is 11.4. The van der Waals surface area contributed by atoms with Gasteiger partial charge in [-0.25, -0.2) is 0 Å². The summed E-state index contributed by atoms with van der Waals surface area (Å²) in [5.41, 5.74) is 0.277. The van der Waals surface area contributed by atoms with Gasteiger partial charge in [-0.15, -0.1) is 0 Å². The minimum Gasteiger partial charge on any atom is -0.381 e. The van der Waals surface area contributed by atoms with Gasteiger partial charge >= 0.3 is 0 Å². The second-order valence-corrected chi connectivity index (χ2v) is 4.79. The number of ether oxygens (including phenoxy) is 1. The molecule has 1 aromatic heterocycles. The van der Waals surface area contributed by atoms with E-state index in [9.17, 15) is 4.79 Å². The molecule has 0 saturated carbocycles. The predicted molar refractivity (Wildman–Crippen MR) is 67.0 cm³/mol. The van der Waals surface area contributed by atoms with Crippen molar-refractivity contribution in [3.8, 4) is 0 Å². The SMILES string of the molecule is O=c1ccn(CC2(CS)CCOCC2)cc1. The van der Waals surface area contributed by atoms with Crippen molar-refractivity contribution in [3.63, 3.8) is 0 Å². The molecule has 4 heteroatoms. The van der Waals surface area contributed by atoms with E-state index in [1.165, 1.54) is 0 Å². The first-order chi connectivity index (χ1) is 7.74. The molecule has 0 N–H and O–H groups in total. The summed E-state index contributed by atoms with van der Waals surface area (Å²) in [6.45, 7) is 2.56. The monoisotopic (exact) mass is 239 g/mol. The lowest BCUT2D eigenvalue weighted by atomic mass is 9.82. The average Bonchev–Trinajstić information content (AvgIpc) is 2.33. The number of hydrogen-bond acceptors (Lipinski definition) is 3. The summed E-state index contributed by atoms with van der Waals surface area (Å²) in [5.74, 6) is 0.864. The first kappa shape index (κ1) is 11.7. The Balaban J connectivity index is 2.11. The van der Waals surface area contributed by atoms with Gasteiger partial charge in [-0.05, 0) is 18.6 Å². The van der Waals surface area contributed by atoms with Crippen molar-refractivity contribution < 1.29 is 4.74 Å². The third kappa shape index (κ3) is 2.68. The van der Waals surface area contributed by atoms with Gasteiger partial charge in [0, 0.05) is 49.7 Å². The molecule has 1 aliphatic heterocycles. The van der Waals surface area contributed by atoms with Crippen LogP contribution >= 0.6 is 12.6 Å². The molecule has 3 nitrogen and oxygen atoms in total. The Morgan fingerprint density at radius 1 is 1.31 bits per heavy atom. The molecular formula is C12H17NO2S. The van der Waals surface area contributed by atoms with Gasteiger partial charge in [0.05, 0.1) is 0 Å². The van der Waals surface area contributed by atoms with Crippen molar-refractivity contribution in [3.05, 3.63) is 34.7 Å².